The summed E-state index contributed by atoms with van der Waals surface area (Å²) in [5, 5.41) is 7.70. The average molecular weight is 377 g/mol. The van der Waals surface area contributed by atoms with E-state index in [1.165, 1.54) is 0 Å². The lowest BCUT2D eigenvalue weighted by Gasteiger charge is -2.02. The van der Waals surface area contributed by atoms with Gasteiger partial charge in [0.1, 0.15) is 11.3 Å². The number of furan rings is 1. The van der Waals surface area contributed by atoms with Crippen molar-refractivity contribution in [2.45, 2.75) is 19.9 Å². The number of fused-ring (bicyclic) bond motifs is 1. The zero-order valence-corrected chi connectivity index (χ0v) is 15.6. The molecule has 28 heavy (non-hydrogen) atoms. The van der Waals surface area contributed by atoms with Crippen LogP contribution in [0.2, 0.25) is 0 Å². The molecular weight excluding hydrogens is 358 g/mol. The molecule has 7 nitrogen and oxygen atoms in total. The van der Waals surface area contributed by atoms with Gasteiger partial charge in [-0.1, -0.05) is 35.5 Å². The maximum atomic E-state index is 12.1. The topological polar surface area (TPSA) is 90.4 Å². The van der Waals surface area contributed by atoms with Gasteiger partial charge in [-0.3, -0.25) is 4.79 Å². The van der Waals surface area contributed by atoms with E-state index in [0.29, 0.717) is 23.9 Å². The molecule has 0 bridgehead atoms. The zero-order valence-electron chi connectivity index (χ0n) is 15.6. The number of ether oxygens (including phenoxy) is 1. The maximum absolute atomic E-state index is 12.1. The highest BCUT2D eigenvalue weighted by atomic mass is 16.5. The fourth-order valence-electron chi connectivity index (χ4n) is 2.98. The Balaban J connectivity index is 1.46. The second kappa shape index (κ2) is 7.56. The lowest BCUT2D eigenvalue weighted by Crippen LogP contribution is -2.24. The van der Waals surface area contributed by atoms with Crippen molar-refractivity contribution >= 4 is 16.9 Å². The second-order valence-corrected chi connectivity index (χ2v) is 6.37. The number of hydrogen-bond acceptors (Lipinski definition) is 6. The normalized spacial score (nSPS) is 10.9. The molecule has 0 unspecified atom stereocenters. The Labute approximate surface area is 161 Å². The minimum Gasteiger partial charge on any atom is -0.497 e. The third-order valence-corrected chi connectivity index (χ3v) is 4.46. The number of amides is 1. The van der Waals surface area contributed by atoms with Crippen LogP contribution in [0, 0.1) is 6.92 Å². The molecule has 2 aromatic carbocycles. The van der Waals surface area contributed by atoms with Crippen molar-refractivity contribution in [1.82, 2.24) is 15.5 Å². The predicted molar refractivity (Wildman–Crippen MR) is 103 cm³/mol. The lowest BCUT2D eigenvalue weighted by atomic mass is 10.1. The Bertz CT molecular complexity index is 1120. The van der Waals surface area contributed by atoms with Crippen LogP contribution in [0.5, 0.6) is 5.75 Å². The van der Waals surface area contributed by atoms with Gasteiger partial charge in [0.15, 0.2) is 5.76 Å². The van der Waals surface area contributed by atoms with Gasteiger partial charge in [0.25, 0.3) is 0 Å². The lowest BCUT2D eigenvalue weighted by molar-refractivity contribution is -0.120. The number of hydrogen-bond donors (Lipinski definition) is 1. The summed E-state index contributed by atoms with van der Waals surface area (Å²) in [5.41, 5.74) is 2.56. The van der Waals surface area contributed by atoms with Gasteiger partial charge in [0.2, 0.25) is 17.6 Å². The molecule has 0 aliphatic rings. The molecule has 1 amide bonds. The highest BCUT2D eigenvalue weighted by Gasteiger charge is 2.18. The fourth-order valence-corrected chi connectivity index (χ4v) is 2.98. The van der Waals surface area contributed by atoms with E-state index in [1.807, 2.05) is 55.5 Å². The molecule has 7 heteroatoms. The van der Waals surface area contributed by atoms with Crippen LogP contribution in [0.3, 0.4) is 0 Å². The molecule has 4 aromatic rings. The van der Waals surface area contributed by atoms with Crippen molar-refractivity contribution in [1.29, 1.82) is 0 Å². The van der Waals surface area contributed by atoms with Gasteiger partial charge >= 0.3 is 0 Å². The third-order valence-electron chi connectivity index (χ3n) is 4.46. The number of nitrogens with zero attached hydrogens (tertiary/aromatic N) is 2. The Morgan fingerprint density at radius 1 is 1.18 bits per heavy atom. The number of aromatic nitrogens is 2. The number of carbonyl (C=O) groups excluding carboxylic acids is 1. The van der Waals surface area contributed by atoms with Crippen LogP contribution in [0.15, 0.2) is 57.5 Å². The Morgan fingerprint density at radius 2 is 2.00 bits per heavy atom. The van der Waals surface area contributed by atoms with E-state index in [4.69, 9.17) is 13.7 Å². The first-order valence-corrected chi connectivity index (χ1v) is 8.85. The van der Waals surface area contributed by atoms with E-state index in [2.05, 4.69) is 15.5 Å². The molecule has 0 saturated carbocycles. The summed E-state index contributed by atoms with van der Waals surface area (Å²) in [5.74, 6) is 1.83. The smallest absolute Gasteiger partial charge is 0.246 e. The average Bonchev–Trinajstić information content (AvgIpc) is 3.31. The number of carbonyl (C=O) groups is 1. The summed E-state index contributed by atoms with van der Waals surface area (Å²) < 4.78 is 16.4. The van der Waals surface area contributed by atoms with Crippen molar-refractivity contribution in [3.8, 4) is 17.3 Å². The van der Waals surface area contributed by atoms with Crippen molar-refractivity contribution in [2.24, 2.45) is 0 Å². The molecule has 0 fully saturated rings. The molecule has 2 heterocycles. The number of aryl methyl sites for hydroxylation is 1. The molecular formula is C21H19N3O4. The van der Waals surface area contributed by atoms with Crippen molar-refractivity contribution in [3.63, 3.8) is 0 Å². The molecule has 0 aliphatic carbocycles. The summed E-state index contributed by atoms with van der Waals surface area (Å²) >= 11 is 0. The van der Waals surface area contributed by atoms with Gasteiger partial charge in [-0.05, 0) is 30.7 Å². The largest absolute Gasteiger partial charge is 0.497 e. The Hall–Kier alpha value is -3.61. The van der Waals surface area contributed by atoms with Crippen molar-refractivity contribution in [3.05, 3.63) is 65.5 Å². The van der Waals surface area contributed by atoms with Gasteiger partial charge in [-0.2, -0.15) is 4.98 Å². The first-order chi connectivity index (χ1) is 13.6. The molecule has 4 rings (SSSR count). The van der Waals surface area contributed by atoms with Crippen LogP contribution in [0.4, 0.5) is 0 Å². The molecule has 0 aliphatic heterocycles. The highest BCUT2D eigenvalue weighted by Crippen LogP contribution is 2.33. The van der Waals surface area contributed by atoms with Crippen LogP contribution >= 0.6 is 0 Å². The van der Waals surface area contributed by atoms with Crippen LogP contribution in [-0.2, 0) is 17.8 Å². The number of methoxy groups -OCH3 is 1. The second-order valence-electron chi connectivity index (χ2n) is 6.37. The minimum absolute atomic E-state index is 0.113. The Morgan fingerprint density at radius 3 is 2.79 bits per heavy atom. The van der Waals surface area contributed by atoms with Crippen LogP contribution < -0.4 is 10.1 Å². The zero-order chi connectivity index (χ0) is 19.5. The third kappa shape index (κ3) is 3.59. The van der Waals surface area contributed by atoms with Gasteiger partial charge < -0.3 is 19.0 Å². The van der Waals surface area contributed by atoms with Gasteiger partial charge in [0, 0.05) is 10.9 Å². The minimum atomic E-state index is -0.113. The van der Waals surface area contributed by atoms with Gasteiger partial charge in [-0.25, -0.2) is 0 Å². The maximum Gasteiger partial charge on any atom is 0.246 e. The highest BCUT2D eigenvalue weighted by molar-refractivity contribution is 5.87. The van der Waals surface area contributed by atoms with Crippen LogP contribution in [-0.4, -0.2) is 23.2 Å². The van der Waals surface area contributed by atoms with E-state index >= 15 is 0 Å². The number of rotatable bonds is 6. The van der Waals surface area contributed by atoms with E-state index < -0.39 is 0 Å². The van der Waals surface area contributed by atoms with Gasteiger partial charge in [0.05, 0.1) is 20.1 Å². The molecule has 0 radical (unpaired) electrons. The summed E-state index contributed by atoms with van der Waals surface area (Å²) in [7, 11) is 1.62. The number of nitrogens with one attached hydrogen (secondary N) is 1. The SMILES string of the molecule is COc1ccc2oc(-c3noc(CNC(=O)Cc4ccccc4)n3)c(C)c2c1. The molecule has 1 N–H and O–H groups in total. The van der Waals surface area contributed by atoms with Gasteiger partial charge in [-0.15, -0.1) is 0 Å². The molecule has 2 aromatic heterocycles. The first-order valence-electron chi connectivity index (χ1n) is 8.85. The fraction of sp³-hybridized carbons (Fsp3) is 0.190. The summed E-state index contributed by atoms with van der Waals surface area (Å²) in [6, 6.07) is 15.1. The van der Waals surface area contributed by atoms with Crippen molar-refractivity contribution in [2.75, 3.05) is 7.11 Å². The van der Waals surface area contributed by atoms with E-state index in [9.17, 15) is 4.79 Å². The van der Waals surface area contributed by atoms with Crippen molar-refractivity contribution < 1.29 is 18.5 Å². The molecule has 0 atom stereocenters. The van der Waals surface area contributed by atoms with E-state index in [1.54, 1.807) is 7.11 Å². The quantitative estimate of drug-likeness (QED) is 0.551. The Kier molecular flexibility index (Phi) is 4.80. The first kappa shape index (κ1) is 17.8. The molecule has 142 valence electrons. The summed E-state index contributed by atoms with van der Waals surface area (Å²) in [4.78, 5) is 16.4. The number of benzene rings is 2. The van der Waals surface area contributed by atoms with E-state index in [0.717, 1.165) is 27.8 Å². The van der Waals surface area contributed by atoms with Crippen LogP contribution in [0.1, 0.15) is 17.0 Å². The monoisotopic (exact) mass is 377 g/mol. The molecule has 0 saturated heterocycles. The van der Waals surface area contributed by atoms with E-state index in [-0.39, 0.29) is 12.5 Å². The molecule has 0 spiro atoms. The standard InChI is InChI=1S/C21H19N3O4/c1-13-16-11-15(26-2)8-9-17(16)27-20(13)21-23-19(28-24-21)12-22-18(25)10-14-6-4-3-5-7-14/h3-9,11H,10,12H2,1-2H3,(H,22,25). The summed E-state index contributed by atoms with van der Waals surface area (Å²) in [6.45, 7) is 2.09. The summed E-state index contributed by atoms with van der Waals surface area (Å²) in [6.07, 6.45) is 0.298. The predicted octanol–water partition coefficient (Wildman–Crippen LogP) is 3.66. The van der Waals surface area contributed by atoms with Crippen LogP contribution in [0.25, 0.3) is 22.6 Å².